The number of fused-ring (bicyclic) bond motifs is 1. The molecule has 2 fully saturated rings. The van der Waals surface area contributed by atoms with Crippen molar-refractivity contribution in [2.24, 2.45) is 7.05 Å². The smallest absolute Gasteiger partial charge is 0.260 e. The lowest BCUT2D eigenvalue weighted by Gasteiger charge is -2.35. The molecule has 0 N–H and O–H groups in total. The number of hydrogen-bond donors (Lipinski definition) is 0. The number of rotatable bonds is 4. The maximum absolute atomic E-state index is 12.2. The summed E-state index contributed by atoms with van der Waals surface area (Å²) in [5.41, 5.74) is 1.88. The number of nitrogens with zero attached hydrogens (tertiary/aromatic N) is 7. The van der Waals surface area contributed by atoms with Gasteiger partial charge in [0.2, 0.25) is 0 Å². The Labute approximate surface area is 157 Å². The summed E-state index contributed by atoms with van der Waals surface area (Å²) in [5, 5.41) is 9.08. The Bertz CT molecular complexity index is 1030. The Morgan fingerprint density at radius 3 is 2.70 bits per heavy atom. The van der Waals surface area contributed by atoms with Crippen molar-refractivity contribution in [3.8, 4) is 0 Å². The molecular weight excluding hydrogens is 342 g/mol. The highest BCUT2D eigenvalue weighted by molar-refractivity contribution is 5.81. The predicted octanol–water partition coefficient (Wildman–Crippen LogP) is 1.18. The number of aryl methyl sites for hydroxylation is 1. The minimum Gasteiger partial charge on any atom is -0.369 e. The molecule has 0 spiro atoms. The first-order chi connectivity index (χ1) is 13.2. The highest BCUT2D eigenvalue weighted by Gasteiger charge is 2.27. The Morgan fingerprint density at radius 1 is 1.11 bits per heavy atom. The molecule has 3 heterocycles. The van der Waals surface area contributed by atoms with Gasteiger partial charge in [-0.1, -0.05) is 0 Å². The summed E-state index contributed by atoms with van der Waals surface area (Å²) < 4.78 is 3.75. The van der Waals surface area contributed by atoms with Crippen molar-refractivity contribution in [3.63, 3.8) is 0 Å². The molecule has 0 bridgehead atoms. The average molecular weight is 365 g/mol. The Morgan fingerprint density at radius 2 is 1.93 bits per heavy atom. The van der Waals surface area contributed by atoms with Gasteiger partial charge in [0.25, 0.3) is 5.56 Å². The van der Waals surface area contributed by atoms with Gasteiger partial charge in [-0.3, -0.25) is 9.69 Å². The van der Waals surface area contributed by atoms with Crippen LogP contribution in [-0.4, -0.2) is 55.4 Å². The number of aromatic nitrogens is 5. The van der Waals surface area contributed by atoms with Crippen molar-refractivity contribution < 1.29 is 0 Å². The lowest BCUT2D eigenvalue weighted by atomic mass is 10.2. The molecular formula is C19H23N7O. The Kier molecular flexibility index (Phi) is 3.93. The fourth-order valence-electron chi connectivity index (χ4n) is 3.80. The van der Waals surface area contributed by atoms with E-state index in [1.807, 2.05) is 24.5 Å². The molecule has 27 heavy (non-hydrogen) atoms. The molecule has 8 heteroatoms. The molecule has 0 radical (unpaired) electrons. The molecule has 1 aliphatic heterocycles. The maximum atomic E-state index is 12.2. The van der Waals surface area contributed by atoms with Gasteiger partial charge in [0.1, 0.15) is 12.2 Å². The van der Waals surface area contributed by atoms with E-state index in [9.17, 15) is 4.79 Å². The summed E-state index contributed by atoms with van der Waals surface area (Å²) in [7, 11) is 1.73. The van der Waals surface area contributed by atoms with Crippen molar-refractivity contribution in [3.05, 3.63) is 47.0 Å². The highest BCUT2D eigenvalue weighted by Crippen LogP contribution is 2.35. The van der Waals surface area contributed by atoms with E-state index in [0.717, 1.165) is 49.8 Å². The number of anilines is 1. The molecule has 5 rings (SSSR count). The van der Waals surface area contributed by atoms with Gasteiger partial charge in [0.15, 0.2) is 0 Å². The van der Waals surface area contributed by atoms with Crippen LogP contribution in [0.25, 0.3) is 10.9 Å². The van der Waals surface area contributed by atoms with Crippen LogP contribution in [0.2, 0.25) is 0 Å². The van der Waals surface area contributed by atoms with E-state index >= 15 is 0 Å². The average Bonchev–Trinajstić information content (AvgIpc) is 3.44. The topological polar surface area (TPSA) is 72.1 Å². The maximum Gasteiger partial charge on any atom is 0.260 e. The molecule has 140 valence electrons. The molecule has 1 saturated heterocycles. The molecule has 1 aromatic carbocycles. The SMILES string of the molecule is Cn1cnc2cc(N3CCN(Cc4nncn4C4CC4)CC3)ccc2c1=O. The van der Waals surface area contributed by atoms with Crippen molar-refractivity contribution in [2.45, 2.75) is 25.4 Å². The highest BCUT2D eigenvalue weighted by atomic mass is 16.1. The molecule has 2 aromatic heterocycles. The lowest BCUT2D eigenvalue weighted by Crippen LogP contribution is -2.46. The van der Waals surface area contributed by atoms with Gasteiger partial charge < -0.3 is 14.0 Å². The van der Waals surface area contributed by atoms with Gasteiger partial charge in [-0.2, -0.15) is 0 Å². The fraction of sp³-hybridized carbons (Fsp3) is 0.474. The quantitative estimate of drug-likeness (QED) is 0.691. The predicted molar refractivity (Wildman–Crippen MR) is 103 cm³/mol. The number of hydrogen-bond acceptors (Lipinski definition) is 6. The van der Waals surface area contributed by atoms with E-state index in [-0.39, 0.29) is 5.56 Å². The van der Waals surface area contributed by atoms with E-state index in [1.54, 1.807) is 13.4 Å². The molecule has 8 nitrogen and oxygen atoms in total. The summed E-state index contributed by atoms with van der Waals surface area (Å²) in [6.07, 6.45) is 5.95. The summed E-state index contributed by atoms with van der Waals surface area (Å²) in [4.78, 5) is 21.4. The summed E-state index contributed by atoms with van der Waals surface area (Å²) >= 11 is 0. The molecule has 0 amide bonds. The third-order valence-corrected chi connectivity index (χ3v) is 5.59. The molecule has 0 unspecified atom stereocenters. The first kappa shape index (κ1) is 16.4. The lowest BCUT2D eigenvalue weighted by molar-refractivity contribution is 0.240. The summed E-state index contributed by atoms with van der Waals surface area (Å²) in [6.45, 7) is 4.74. The van der Waals surface area contributed by atoms with E-state index in [2.05, 4.69) is 29.5 Å². The van der Waals surface area contributed by atoms with Crippen LogP contribution in [0, 0.1) is 0 Å². The number of benzene rings is 1. The van der Waals surface area contributed by atoms with Crippen LogP contribution in [0.3, 0.4) is 0 Å². The van der Waals surface area contributed by atoms with E-state index in [1.165, 1.54) is 17.4 Å². The summed E-state index contributed by atoms with van der Waals surface area (Å²) in [5.74, 6) is 1.08. The zero-order valence-electron chi connectivity index (χ0n) is 15.5. The number of piperazine rings is 1. The van der Waals surface area contributed by atoms with Crippen LogP contribution in [-0.2, 0) is 13.6 Å². The normalized spacial score (nSPS) is 18.3. The first-order valence-corrected chi connectivity index (χ1v) is 9.50. The second kappa shape index (κ2) is 6.45. The zero-order valence-corrected chi connectivity index (χ0v) is 15.5. The fourth-order valence-corrected chi connectivity index (χ4v) is 3.80. The van der Waals surface area contributed by atoms with Crippen molar-refractivity contribution >= 4 is 16.6 Å². The van der Waals surface area contributed by atoms with Crippen LogP contribution in [0.1, 0.15) is 24.7 Å². The Hall–Kier alpha value is -2.74. The van der Waals surface area contributed by atoms with Crippen LogP contribution < -0.4 is 10.5 Å². The van der Waals surface area contributed by atoms with Gasteiger partial charge in [-0.15, -0.1) is 10.2 Å². The van der Waals surface area contributed by atoms with E-state index in [4.69, 9.17) is 0 Å². The van der Waals surface area contributed by atoms with Gasteiger partial charge in [-0.05, 0) is 31.0 Å². The van der Waals surface area contributed by atoms with Gasteiger partial charge in [0, 0.05) is 45.0 Å². The van der Waals surface area contributed by atoms with Crippen molar-refractivity contribution in [2.75, 3.05) is 31.1 Å². The third kappa shape index (κ3) is 3.10. The minimum absolute atomic E-state index is 0.00357. The van der Waals surface area contributed by atoms with Gasteiger partial charge in [-0.25, -0.2) is 4.98 Å². The molecule has 3 aromatic rings. The molecule has 0 atom stereocenters. The first-order valence-electron chi connectivity index (χ1n) is 9.50. The second-order valence-electron chi connectivity index (χ2n) is 7.51. The van der Waals surface area contributed by atoms with E-state index < -0.39 is 0 Å². The Balaban J connectivity index is 1.27. The second-order valence-corrected chi connectivity index (χ2v) is 7.51. The van der Waals surface area contributed by atoms with Gasteiger partial charge in [0.05, 0.1) is 23.8 Å². The molecule has 1 aliphatic carbocycles. The molecule has 2 aliphatic rings. The molecule has 1 saturated carbocycles. The van der Waals surface area contributed by atoms with Crippen LogP contribution in [0.15, 0.2) is 35.6 Å². The van der Waals surface area contributed by atoms with Crippen molar-refractivity contribution in [1.29, 1.82) is 0 Å². The van der Waals surface area contributed by atoms with Gasteiger partial charge >= 0.3 is 0 Å². The minimum atomic E-state index is -0.00357. The monoisotopic (exact) mass is 365 g/mol. The van der Waals surface area contributed by atoms with Crippen LogP contribution >= 0.6 is 0 Å². The van der Waals surface area contributed by atoms with Crippen LogP contribution in [0.5, 0.6) is 0 Å². The van der Waals surface area contributed by atoms with Crippen molar-refractivity contribution in [1.82, 2.24) is 29.2 Å². The van der Waals surface area contributed by atoms with Crippen LogP contribution in [0.4, 0.5) is 5.69 Å². The standard InChI is InChI=1S/C19H23N7O/c1-23-12-20-17-10-15(4-5-16(17)19(23)27)25-8-6-24(7-9-25)11-18-22-21-13-26(18)14-2-3-14/h4-5,10,12-14H,2-3,6-9,11H2,1H3. The van der Waals surface area contributed by atoms with E-state index in [0.29, 0.717) is 11.4 Å². The largest absolute Gasteiger partial charge is 0.369 e. The summed E-state index contributed by atoms with van der Waals surface area (Å²) in [6, 6.07) is 6.57. The zero-order chi connectivity index (χ0) is 18.4. The third-order valence-electron chi connectivity index (χ3n) is 5.59.